The number of thioether (sulfide) groups is 1. The number of aryl methyl sites for hydroxylation is 1. The first kappa shape index (κ1) is 13.3. The molecule has 0 amide bonds. The van der Waals surface area contributed by atoms with E-state index in [4.69, 9.17) is 4.74 Å². The molecule has 0 saturated carbocycles. The third kappa shape index (κ3) is 2.78. The number of hydrogen-bond donors (Lipinski definition) is 1. The molecule has 2 saturated heterocycles. The van der Waals surface area contributed by atoms with Gasteiger partial charge in [0.25, 0.3) is 0 Å². The zero-order valence-corrected chi connectivity index (χ0v) is 12.0. The molecule has 3 rings (SSSR count). The number of ether oxygens (including phenoxy) is 1. The van der Waals surface area contributed by atoms with Crippen LogP contribution >= 0.6 is 11.8 Å². The van der Waals surface area contributed by atoms with Crippen LogP contribution in [0.5, 0.6) is 0 Å². The van der Waals surface area contributed by atoms with Gasteiger partial charge in [-0.1, -0.05) is 0 Å². The minimum atomic E-state index is -0.514. The Morgan fingerprint density at radius 1 is 1.47 bits per heavy atom. The van der Waals surface area contributed by atoms with Crippen molar-refractivity contribution in [1.29, 1.82) is 0 Å². The molecule has 5 heteroatoms. The van der Waals surface area contributed by atoms with Crippen LogP contribution in [0.4, 0.5) is 0 Å². The van der Waals surface area contributed by atoms with Crippen LogP contribution in [0.25, 0.3) is 0 Å². The normalized spacial score (nSPS) is 32.6. The Morgan fingerprint density at radius 3 is 3.05 bits per heavy atom. The highest BCUT2D eigenvalue weighted by atomic mass is 32.2. The summed E-state index contributed by atoms with van der Waals surface area (Å²) >= 11 is 1.96. The van der Waals surface area contributed by atoms with Gasteiger partial charge < -0.3 is 9.84 Å². The number of aromatic nitrogens is 2. The summed E-state index contributed by atoms with van der Waals surface area (Å²) < 4.78 is 5.99. The first-order chi connectivity index (χ1) is 9.19. The van der Waals surface area contributed by atoms with E-state index in [1.807, 2.05) is 18.7 Å². The summed E-state index contributed by atoms with van der Waals surface area (Å²) in [5.41, 5.74) is 1.58. The fraction of sp³-hybridized carbons (Fsp3) is 0.714. The molecular formula is C14H20N2O2S. The molecule has 104 valence electrons. The summed E-state index contributed by atoms with van der Waals surface area (Å²) in [6, 6.07) is 0. The SMILES string of the molecule is Cc1cnc(C(O)C2CCOC3(CCSC3)C2)cn1. The highest BCUT2D eigenvalue weighted by Gasteiger charge is 2.42. The largest absolute Gasteiger partial charge is 0.386 e. The smallest absolute Gasteiger partial charge is 0.100 e. The van der Waals surface area contributed by atoms with Crippen molar-refractivity contribution in [2.75, 3.05) is 18.1 Å². The van der Waals surface area contributed by atoms with E-state index >= 15 is 0 Å². The Kier molecular flexibility index (Phi) is 3.78. The molecule has 0 bridgehead atoms. The van der Waals surface area contributed by atoms with E-state index in [0.29, 0.717) is 5.69 Å². The lowest BCUT2D eigenvalue weighted by Crippen LogP contribution is -2.41. The Morgan fingerprint density at radius 2 is 2.37 bits per heavy atom. The second kappa shape index (κ2) is 5.38. The number of aliphatic hydroxyl groups excluding tert-OH is 1. The van der Waals surface area contributed by atoms with E-state index in [1.165, 1.54) is 5.75 Å². The monoisotopic (exact) mass is 280 g/mol. The van der Waals surface area contributed by atoms with Crippen LogP contribution in [0, 0.1) is 12.8 Å². The van der Waals surface area contributed by atoms with Gasteiger partial charge in [-0.3, -0.25) is 9.97 Å². The summed E-state index contributed by atoms with van der Waals surface area (Å²) in [5, 5.41) is 10.5. The van der Waals surface area contributed by atoms with Crippen molar-refractivity contribution in [2.45, 2.75) is 37.9 Å². The lowest BCUT2D eigenvalue weighted by Gasteiger charge is -2.39. The highest BCUT2D eigenvalue weighted by Crippen LogP contribution is 2.43. The highest BCUT2D eigenvalue weighted by molar-refractivity contribution is 7.99. The molecule has 0 aliphatic carbocycles. The predicted molar refractivity (Wildman–Crippen MR) is 75.1 cm³/mol. The topological polar surface area (TPSA) is 55.2 Å². The zero-order valence-electron chi connectivity index (χ0n) is 11.2. The molecule has 2 fully saturated rings. The van der Waals surface area contributed by atoms with E-state index in [0.717, 1.165) is 37.3 Å². The van der Waals surface area contributed by atoms with E-state index in [1.54, 1.807) is 12.4 Å². The fourth-order valence-electron chi connectivity index (χ4n) is 3.00. The van der Waals surface area contributed by atoms with Crippen LogP contribution in [0.2, 0.25) is 0 Å². The minimum absolute atomic E-state index is 0.00664. The summed E-state index contributed by atoms with van der Waals surface area (Å²) in [5.74, 6) is 2.48. The molecule has 1 N–H and O–H groups in total. The number of rotatable bonds is 2. The van der Waals surface area contributed by atoms with Crippen LogP contribution in [-0.2, 0) is 4.74 Å². The van der Waals surface area contributed by atoms with Gasteiger partial charge in [-0.15, -0.1) is 0 Å². The number of nitrogens with zero attached hydrogens (tertiary/aromatic N) is 2. The Balaban J connectivity index is 1.72. The lowest BCUT2D eigenvalue weighted by molar-refractivity contribution is -0.102. The Hall–Kier alpha value is -0.650. The number of aliphatic hydroxyl groups is 1. The fourth-order valence-corrected chi connectivity index (χ4v) is 4.37. The van der Waals surface area contributed by atoms with Crippen LogP contribution in [-0.4, -0.2) is 38.8 Å². The summed E-state index contributed by atoms with van der Waals surface area (Å²) in [6.07, 6.45) is 5.87. The van der Waals surface area contributed by atoms with Crippen LogP contribution in [0.1, 0.15) is 36.8 Å². The van der Waals surface area contributed by atoms with Crippen molar-refractivity contribution in [2.24, 2.45) is 5.92 Å². The van der Waals surface area contributed by atoms with Crippen LogP contribution < -0.4 is 0 Å². The second-order valence-corrected chi connectivity index (χ2v) is 6.72. The summed E-state index contributed by atoms with van der Waals surface area (Å²) in [4.78, 5) is 8.54. The van der Waals surface area contributed by atoms with Gasteiger partial charge in [-0.05, 0) is 37.9 Å². The van der Waals surface area contributed by atoms with Gasteiger partial charge in [0.15, 0.2) is 0 Å². The van der Waals surface area contributed by atoms with Crippen molar-refractivity contribution in [1.82, 2.24) is 9.97 Å². The molecule has 0 aromatic carbocycles. The molecule has 3 unspecified atom stereocenters. The van der Waals surface area contributed by atoms with E-state index in [9.17, 15) is 5.11 Å². The maximum Gasteiger partial charge on any atom is 0.100 e. The van der Waals surface area contributed by atoms with Crippen molar-refractivity contribution < 1.29 is 9.84 Å². The molecule has 2 aliphatic heterocycles. The molecule has 3 atom stereocenters. The van der Waals surface area contributed by atoms with Gasteiger partial charge in [0.1, 0.15) is 6.10 Å². The lowest BCUT2D eigenvalue weighted by atomic mass is 9.81. The standard InChI is InChI=1S/C14H20N2O2S/c1-10-7-16-12(8-15-10)13(17)11-2-4-18-14(6-11)3-5-19-9-14/h7-8,11,13,17H,2-6,9H2,1H3. The zero-order chi connectivity index (χ0) is 13.3. The van der Waals surface area contributed by atoms with Gasteiger partial charge in [0, 0.05) is 18.6 Å². The molecule has 3 heterocycles. The molecule has 4 nitrogen and oxygen atoms in total. The summed E-state index contributed by atoms with van der Waals surface area (Å²) in [6.45, 7) is 2.66. The third-order valence-electron chi connectivity index (χ3n) is 4.15. The first-order valence-electron chi connectivity index (χ1n) is 6.87. The van der Waals surface area contributed by atoms with Crippen molar-refractivity contribution in [3.63, 3.8) is 0 Å². The average molecular weight is 280 g/mol. The molecule has 1 spiro atoms. The van der Waals surface area contributed by atoms with Gasteiger partial charge in [-0.25, -0.2) is 0 Å². The third-order valence-corrected chi connectivity index (χ3v) is 5.37. The first-order valence-corrected chi connectivity index (χ1v) is 8.02. The Bertz CT molecular complexity index is 432. The van der Waals surface area contributed by atoms with Gasteiger partial charge >= 0.3 is 0 Å². The van der Waals surface area contributed by atoms with Crippen molar-refractivity contribution in [3.05, 3.63) is 23.8 Å². The second-order valence-electron chi connectivity index (χ2n) is 5.61. The van der Waals surface area contributed by atoms with E-state index in [2.05, 4.69) is 9.97 Å². The summed E-state index contributed by atoms with van der Waals surface area (Å²) in [7, 11) is 0. The van der Waals surface area contributed by atoms with Crippen molar-refractivity contribution in [3.8, 4) is 0 Å². The Labute approximate surface area is 118 Å². The maximum atomic E-state index is 10.5. The van der Waals surface area contributed by atoms with Gasteiger partial charge in [0.2, 0.25) is 0 Å². The molecular weight excluding hydrogens is 260 g/mol. The van der Waals surface area contributed by atoms with Crippen LogP contribution in [0.15, 0.2) is 12.4 Å². The quantitative estimate of drug-likeness (QED) is 0.899. The van der Waals surface area contributed by atoms with E-state index in [-0.39, 0.29) is 11.5 Å². The van der Waals surface area contributed by atoms with Gasteiger partial charge in [0.05, 0.1) is 23.2 Å². The van der Waals surface area contributed by atoms with Crippen LogP contribution in [0.3, 0.4) is 0 Å². The maximum absolute atomic E-state index is 10.5. The van der Waals surface area contributed by atoms with Crippen molar-refractivity contribution >= 4 is 11.8 Å². The molecule has 0 radical (unpaired) electrons. The average Bonchev–Trinajstić information content (AvgIpc) is 2.87. The predicted octanol–water partition coefficient (Wildman–Crippen LogP) is 2.12. The number of hydrogen-bond acceptors (Lipinski definition) is 5. The minimum Gasteiger partial charge on any atom is -0.386 e. The molecule has 2 aliphatic rings. The molecule has 1 aromatic rings. The molecule has 1 aromatic heterocycles. The van der Waals surface area contributed by atoms with Gasteiger partial charge in [-0.2, -0.15) is 11.8 Å². The van der Waals surface area contributed by atoms with E-state index < -0.39 is 6.10 Å². The molecule has 19 heavy (non-hydrogen) atoms.